The quantitative estimate of drug-likeness (QED) is 0.402. The minimum atomic E-state index is 0.0238. The van der Waals surface area contributed by atoms with Crippen molar-refractivity contribution in [3.8, 4) is 0 Å². The Bertz CT molecular complexity index is 804. The first-order chi connectivity index (χ1) is 15.6. The molecule has 0 aliphatic heterocycles. The Morgan fingerprint density at radius 1 is 0.750 bits per heavy atom. The predicted molar refractivity (Wildman–Crippen MR) is 128 cm³/mol. The van der Waals surface area contributed by atoms with E-state index in [0.29, 0.717) is 39.3 Å². The summed E-state index contributed by atoms with van der Waals surface area (Å²) < 4.78 is 11.3. The van der Waals surface area contributed by atoms with Crippen molar-refractivity contribution in [3.05, 3.63) is 65.2 Å². The summed E-state index contributed by atoms with van der Waals surface area (Å²) in [6, 6.07) is 16.2. The molecule has 0 spiro atoms. The van der Waals surface area contributed by atoms with Gasteiger partial charge in [0.25, 0.3) is 0 Å². The zero-order valence-corrected chi connectivity index (χ0v) is 19.3. The largest absolute Gasteiger partial charge is 0.381 e. The third-order valence-corrected chi connectivity index (χ3v) is 5.08. The molecule has 0 fully saturated rings. The fraction of sp³-hybridized carbons (Fsp3) is 0.462. The summed E-state index contributed by atoms with van der Waals surface area (Å²) in [5.74, 6) is 0.0633. The first-order valence-corrected chi connectivity index (χ1v) is 11.4. The Morgan fingerprint density at radius 2 is 1.41 bits per heavy atom. The van der Waals surface area contributed by atoms with Crippen LogP contribution in [0, 0.1) is 6.92 Å². The van der Waals surface area contributed by atoms with Gasteiger partial charge in [0.2, 0.25) is 11.8 Å². The van der Waals surface area contributed by atoms with Gasteiger partial charge in [0.15, 0.2) is 0 Å². The van der Waals surface area contributed by atoms with Crippen LogP contribution in [0.1, 0.15) is 48.8 Å². The van der Waals surface area contributed by atoms with E-state index >= 15 is 0 Å². The van der Waals surface area contributed by atoms with E-state index in [1.165, 1.54) is 11.1 Å². The molecule has 2 aromatic rings. The van der Waals surface area contributed by atoms with Crippen LogP contribution in [0.3, 0.4) is 0 Å². The Labute approximate surface area is 191 Å². The molecule has 0 aliphatic carbocycles. The van der Waals surface area contributed by atoms with E-state index in [9.17, 15) is 9.59 Å². The SMILES string of the molecule is CNC(=O)CCCOCCc1ccc(NC(=O)CCCCOCc2ccc(C)cc2)cc1. The Morgan fingerprint density at radius 3 is 2.12 bits per heavy atom. The number of benzene rings is 2. The van der Waals surface area contributed by atoms with Crippen LogP contribution in [0.25, 0.3) is 0 Å². The van der Waals surface area contributed by atoms with Gasteiger partial charge in [0.05, 0.1) is 13.2 Å². The Hall–Kier alpha value is -2.70. The topological polar surface area (TPSA) is 76.7 Å². The summed E-state index contributed by atoms with van der Waals surface area (Å²) in [6.07, 6.45) is 4.17. The second-order valence-corrected chi connectivity index (χ2v) is 7.88. The van der Waals surface area contributed by atoms with E-state index < -0.39 is 0 Å². The zero-order valence-electron chi connectivity index (χ0n) is 19.3. The number of unbranched alkanes of at least 4 members (excludes halogenated alkanes) is 1. The van der Waals surface area contributed by atoms with Crippen LogP contribution in [0.2, 0.25) is 0 Å². The van der Waals surface area contributed by atoms with Gasteiger partial charge in [-0.05, 0) is 55.9 Å². The van der Waals surface area contributed by atoms with Crippen LogP contribution in [0.4, 0.5) is 5.69 Å². The molecule has 0 aliphatic rings. The lowest BCUT2D eigenvalue weighted by molar-refractivity contribution is -0.121. The molecule has 0 heterocycles. The molecule has 2 rings (SSSR count). The van der Waals surface area contributed by atoms with Gasteiger partial charge in [-0.2, -0.15) is 0 Å². The summed E-state index contributed by atoms with van der Waals surface area (Å²) in [5, 5.41) is 5.54. The highest BCUT2D eigenvalue weighted by Gasteiger charge is 2.03. The van der Waals surface area contributed by atoms with Gasteiger partial charge in [-0.15, -0.1) is 0 Å². The van der Waals surface area contributed by atoms with Crippen molar-refractivity contribution < 1.29 is 19.1 Å². The standard InChI is InChI=1S/C26H36N2O4/c1-21-8-10-23(11-9-21)20-32-17-4-3-6-26(30)28-24-14-12-22(13-15-24)16-19-31-18-5-7-25(29)27-2/h8-15H,3-7,16-20H2,1-2H3,(H,27,29)(H,28,30). The van der Waals surface area contributed by atoms with Crippen LogP contribution >= 0.6 is 0 Å². The summed E-state index contributed by atoms with van der Waals surface area (Å²) in [4.78, 5) is 23.3. The van der Waals surface area contributed by atoms with E-state index in [-0.39, 0.29) is 11.8 Å². The average Bonchev–Trinajstić information content (AvgIpc) is 2.80. The van der Waals surface area contributed by atoms with Gasteiger partial charge < -0.3 is 20.1 Å². The number of aryl methyl sites for hydroxylation is 1. The molecular formula is C26H36N2O4. The molecule has 0 atom stereocenters. The molecule has 6 nitrogen and oxygen atoms in total. The number of carbonyl (C=O) groups excluding carboxylic acids is 2. The van der Waals surface area contributed by atoms with Crippen molar-refractivity contribution in [2.75, 3.05) is 32.2 Å². The monoisotopic (exact) mass is 440 g/mol. The number of rotatable bonds is 15. The Balaban J connectivity index is 1.51. The number of amides is 2. The van der Waals surface area contributed by atoms with Gasteiger partial charge in [-0.1, -0.05) is 42.0 Å². The summed E-state index contributed by atoms with van der Waals surface area (Å²) >= 11 is 0. The number of ether oxygens (including phenoxy) is 2. The van der Waals surface area contributed by atoms with Gasteiger partial charge >= 0.3 is 0 Å². The highest BCUT2D eigenvalue weighted by molar-refractivity contribution is 5.90. The second kappa shape index (κ2) is 15.2. The van der Waals surface area contributed by atoms with Crippen LogP contribution in [-0.4, -0.2) is 38.7 Å². The number of carbonyl (C=O) groups is 2. The van der Waals surface area contributed by atoms with Gasteiger partial charge in [0, 0.05) is 38.8 Å². The first-order valence-electron chi connectivity index (χ1n) is 11.4. The lowest BCUT2D eigenvalue weighted by atomic mass is 10.1. The van der Waals surface area contributed by atoms with E-state index in [2.05, 4.69) is 41.8 Å². The van der Waals surface area contributed by atoms with Crippen molar-refractivity contribution in [2.45, 2.75) is 52.1 Å². The minimum absolute atomic E-state index is 0.0238. The predicted octanol–water partition coefficient (Wildman–Crippen LogP) is 4.41. The molecule has 0 aromatic heterocycles. The molecular weight excluding hydrogens is 404 g/mol. The van der Waals surface area contributed by atoms with Gasteiger partial charge in [-0.25, -0.2) is 0 Å². The van der Waals surface area contributed by atoms with Crippen molar-refractivity contribution >= 4 is 17.5 Å². The molecule has 32 heavy (non-hydrogen) atoms. The highest BCUT2D eigenvalue weighted by Crippen LogP contribution is 2.12. The fourth-order valence-corrected chi connectivity index (χ4v) is 3.09. The summed E-state index contributed by atoms with van der Waals surface area (Å²) in [7, 11) is 1.64. The molecule has 0 saturated heterocycles. The molecule has 6 heteroatoms. The highest BCUT2D eigenvalue weighted by atomic mass is 16.5. The van der Waals surface area contributed by atoms with E-state index in [1.54, 1.807) is 7.05 Å². The fourth-order valence-electron chi connectivity index (χ4n) is 3.09. The maximum Gasteiger partial charge on any atom is 0.224 e. The van der Waals surface area contributed by atoms with Crippen molar-refractivity contribution in [1.29, 1.82) is 0 Å². The molecule has 0 radical (unpaired) electrons. The molecule has 0 unspecified atom stereocenters. The van der Waals surface area contributed by atoms with E-state index in [0.717, 1.165) is 36.9 Å². The van der Waals surface area contributed by atoms with Crippen LogP contribution in [-0.2, 0) is 32.1 Å². The summed E-state index contributed by atoms with van der Waals surface area (Å²) in [5.41, 5.74) is 4.37. The second-order valence-electron chi connectivity index (χ2n) is 7.88. The summed E-state index contributed by atoms with van der Waals surface area (Å²) in [6.45, 7) is 4.54. The lowest BCUT2D eigenvalue weighted by Gasteiger charge is -2.08. The molecule has 2 aromatic carbocycles. The third kappa shape index (κ3) is 11.1. The number of hydrogen-bond acceptors (Lipinski definition) is 4. The van der Waals surface area contributed by atoms with Gasteiger partial charge in [-0.3, -0.25) is 9.59 Å². The van der Waals surface area contributed by atoms with Crippen LogP contribution < -0.4 is 10.6 Å². The van der Waals surface area contributed by atoms with Crippen molar-refractivity contribution in [2.24, 2.45) is 0 Å². The van der Waals surface area contributed by atoms with Crippen LogP contribution in [0.15, 0.2) is 48.5 Å². The molecule has 0 bridgehead atoms. The van der Waals surface area contributed by atoms with Crippen molar-refractivity contribution in [3.63, 3.8) is 0 Å². The third-order valence-electron chi connectivity index (χ3n) is 5.08. The first kappa shape index (κ1) is 25.6. The zero-order chi connectivity index (χ0) is 23.0. The Kier molecular flexibility index (Phi) is 12.1. The minimum Gasteiger partial charge on any atom is -0.381 e. The van der Waals surface area contributed by atoms with E-state index in [4.69, 9.17) is 9.47 Å². The van der Waals surface area contributed by atoms with Crippen LogP contribution in [0.5, 0.6) is 0 Å². The number of anilines is 1. The average molecular weight is 441 g/mol. The molecule has 2 amide bonds. The maximum absolute atomic E-state index is 12.1. The smallest absolute Gasteiger partial charge is 0.224 e. The molecule has 2 N–H and O–H groups in total. The normalized spacial score (nSPS) is 10.7. The number of nitrogens with one attached hydrogen (secondary N) is 2. The van der Waals surface area contributed by atoms with E-state index in [1.807, 2.05) is 24.3 Å². The molecule has 0 saturated carbocycles. The maximum atomic E-state index is 12.1. The molecule has 174 valence electrons. The van der Waals surface area contributed by atoms with Crippen molar-refractivity contribution in [1.82, 2.24) is 5.32 Å². The van der Waals surface area contributed by atoms with Gasteiger partial charge in [0.1, 0.15) is 0 Å². The lowest BCUT2D eigenvalue weighted by Crippen LogP contribution is -2.17. The number of hydrogen-bond donors (Lipinski definition) is 2.